The molecule has 12 aromatic rings. The van der Waals surface area contributed by atoms with Crippen LogP contribution in [0.3, 0.4) is 0 Å². The van der Waals surface area contributed by atoms with Crippen molar-refractivity contribution in [2.75, 3.05) is 119 Å². The number of hydrogen-bond donors (Lipinski definition) is 8. The largest absolute Gasteiger partial charge is 0.453 e. The first-order valence-electron chi connectivity index (χ1n) is 37.0. The van der Waals surface area contributed by atoms with Gasteiger partial charge in [-0.25, -0.2) is 47.9 Å². The fourth-order valence-electron chi connectivity index (χ4n) is 14.4. The van der Waals surface area contributed by atoms with Gasteiger partial charge >= 0.3 is 12.2 Å². The third-order valence-electron chi connectivity index (χ3n) is 20.4. The van der Waals surface area contributed by atoms with Gasteiger partial charge in [0.1, 0.15) is 0 Å². The van der Waals surface area contributed by atoms with Crippen molar-refractivity contribution in [1.29, 1.82) is 0 Å². The summed E-state index contributed by atoms with van der Waals surface area (Å²) in [5, 5.41) is 2.69. The number of hydrogen-bond acceptors (Lipinski definition) is 21. The average Bonchev–Trinajstić information content (AvgIpc) is 1.68. The lowest BCUT2D eigenvalue weighted by Gasteiger charge is -2.21. The van der Waals surface area contributed by atoms with Gasteiger partial charge in [-0.15, -0.1) is 11.8 Å². The topological polar surface area (TPSA) is 354 Å². The number of sulfone groups is 1. The van der Waals surface area contributed by atoms with Gasteiger partial charge in [0.15, 0.2) is 9.84 Å². The molecule has 0 fully saturated rings. The van der Waals surface area contributed by atoms with Gasteiger partial charge in [-0.3, -0.25) is 19.2 Å². The van der Waals surface area contributed by atoms with Crippen LogP contribution in [0.1, 0.15) is 77.9 Å². The smallest absolute Gasteiger partial charge is 0.413 e. The quantitative estimate of drug-likeness (QED) is 0.0370. The van der Waals surface area contributed by atoms with E-state index in [2.05, 4.69) is 142 Å². The molecule has 0 aliphatic carbocycles. The summed E-state index contributed by atoms with van der Waals surface area (Å²) in [5.74, 6) is -0.383. The summed E-state index contributed by atoms with van der Waals surface area (Å²) in [4.78, 5) is 94.8. The zero-order valence-electron chi connectivity index (χ0n) is 63.9. The lowest BCUT2D eigenvalue weighted by atomic mass is 10.1. The summed E-state index contributed by atoms with van der Waals surface area (Å²) in [6.45, 7) is 10.7. The van der Waals surface area contributed by atoms with Crippen molar-refractivity contribution < 1.29 is 36.5 Å². The first kappa shape index (κ1) is 78.9. The fourth-order valence-corrected chi connectivity index (χ4v) is 16.0. The Bertz CT molecular complexity index is 5190. The van der Waals surface area contributed by atoms with Gasteiger partial charge in [-0.05, 0) is 151 Å². The number of rotatable bonds is 18. The predicted octanol–water partition coefficient (Wildman–Crippen LogP) is 11.2. The highest BCUT2D eigenvalue weighted by Gasteiger charge is 2.28. The third kappa shape index (κ3) is 20.1. The number of benzene rings is 6. The molecular weight excluding hydrogens is 1490 g/mol. The van der Waals surface area contributed by atoms with Crippen LogP contribution in [0.4, 0.5) is 55.1 Å². The molecule has 1 atom stereocenters. The van der Waals surface area contributed by atoms with E-state index in [1.54, 1.807) is 87.4 Å². The highest BCUT2D eigenvalue weighted by Crippen LogP contribution is 2.38. The molecule has 6 aromatic heterocycles. The zero-order chi connectivity index (χ0) is 79.0. The van der Waals surface area contributed by atoms with Gasteiger partial charge in [-0.1, -0.05) is 36.4 Å². The first-order valence-corrected chi connectivity index (χ1v) is 41.7. The number of carbonyl (C=O) groups excluding carboxylic acids is 3. The van der Waals surface area contributed by atoms with Crippen molar-refractivity contribution >= 4 is 96.0 Å². The van der Waals surface area contributed by atoms with Crippen molar-refractivity contribution in [2.24, 2.45) is 5.73 Å². The van der Waals surface area contributed by atoms with Gasteiger partial charge in [0.2, 0.25) is 5.91 Å². The molecule has 6 aromatic carbocycles. The number of ether oxygens (including phenoxy) is 2. The van der Waals surface area contributed by atoms with E-state index in [0.717, 1.165) is 185 Å². The van der Waals surface area contributed by atoms with Crippen molar-refractivity contribution in [3.63, 3.8) is 0 Å². The number of amides is 3. The van der Waals surface area contributed by atoms with E-state index < -0.39 is 26.7 Å². The molecule has 12 heterocycles. The second-order valence-corrected chi connectivity index (χ2v) is 32.1. The van der Waals surface area contributed by atoms with Crippen LogP contribution in [-0.2, 0) is 108 Å². The normalized spacial score (nSPS) is 14.0. The lowest BCUT2D eigenvalue weighted by Crippen LogP contribution is -2.26. The number of aromatic nitrogens is 12. The minimum absolute atomic E-state index is 0.368. The summed E-state index contributed by atoms with van der Waals surface area (Å²) < 4.78 is 44.2. The van der Waals surface area contributed by atoms with Gasteiger partial charge in [0.25, 0.3) is 0 Å². The van der Waals surface area contributed by atoms with Crippen LogP contribution in [0.25, 0.3) is 0 Å². The number of imidazole rings is 6. The van der Waals surface area contributed by atoms with Crippen molar-refractivity contribution in [3.8, 4) is 0 Å². The maximum atomic E-state index is 11.6. The number of thioether (sulfide) groups is 1. The van der Waals surface area contributed by atoms with Crippen LogP contribution in [0.5, 0.6) is 0 Å². The maximum Gasteiger partial charge on any atom is 0.413 e. The number of H-pyrrole nitrogens is 6. The highest BCUT2D eigenvalue weighted by atomic mass is 32.2. The van der Waals surface area contributed by atoms with E-state index in [-0.39, 0.29) is 12.0 Å². The minimum Gasteiger partial charge on any atom is -0.453 e. The van der Waals surface area contributed by atoms with E-state index in [0.29, 0.717) is 10.5 Å². The monoisotopic (exact) mass is 1580 g/mol. The number of nitrogens with zero attached hydrogens (tertiary/aromatic N) is 13. The molecule has 32 heteroatoms. The van der Waals surface area contributed by atoms with Crippen LogP contribution in [-0.4, -0.2) is 170 Å². The lowest BCUT2D eigenvalue weighted by molar-refractivity contribution is 0.1000. The molecule has 588 valence electrons. The molecule has 0 bridgehead atoms. The van der Waals surface area contributed by atoms with E-state index in [4.69, 9.17) is 10.5 Å². The van der Waals surface area contributed by atoms with E-state index >= 15 is 0 Å². The Hall–Kier alpha value is -12.2. The number of nitrogens with two attached hydrogens (primary N) is 1. The van der Waals surface area contributed by atoms with Crippen molar-refractivity contribution in [2.45, 2.75) is 92.5 Å². The van der Waals surface area contributed by atoms with E-state index in [9.17, 15) is 27.0 Å². The molecule has 6 aliphatic heterocycles. The zero-order valence-corrected chi connectivity index (χ0v) is 66.4. The number of carbonyl (C=O) groups is 3. The Morgan fingerprint density at radius 3 is 1.20 bits per heavy atom. The average molecular weight is 1580 g/mol. The standard InChI is InChI=1S/C15H18N4O2.C14H16N4O2.C13H14N4O.C13H15N3O2S.C13H15N3OS.C13H15N3S/c1-18(15(20)21-2)13-4-3-11-5-6-19(14(11)7-13)9-12-8-16-10-17-12;1-20-14(19)17-11-3-2-10-4-5-18(13(10)6-11)8-12-7-15-9-16-12;14-13(18)10-2-1-9-3-4-17(12(9)5-10)7-11-6-15-8-16-11;1-19(17,18)12-3-2-10-4-5-16(13(10)6-12)8-11-7-14-9-15-11;1-18(17)12-3-2-10-4-5-16(13(10)6-12)8-11-7-14-9-15-11;1-17-12-3-2-10-4-5-16(13(10)6-12)8-11-7-14-9-15-11/h3-4,7-8,10H,5-6,9H2,1-2H3,(H,16,17);2-3,6-7,9H,4-5,8H2,1H3,(H,15,16)(H,17,19);1-2,5-6,8H,3-4,7H2,(H2,14,18)(H,15,16);2-3,6-7,9H,4-5,8H2,1H3,(H,14,15);2-3,6-7,9H,4-5,8H2,1H3,(H,14,15);2-3,6-7,9H,4-5,8H2,1H3,(H,14,15). The minimum atomic E-state index is -3.16. The van der Waals surface area contributed by atoms with E-state index in [1.165, 1.54) is 80.7 Å². The molecule has 6 aliphatic rings. The molecule has 18 rings (SSSR count). The molecule has 3 amide bonds. The second-order valence-electron chi connectivity index (χ2n) is 27.8. The SMILES string of the molecule is COC(=O)N(C)c1ccc2c(c1)N(Cc1cnc[nH]1)CC2.COC(=O)Nc1ccc2c(c1)N(Cc1cnc[nH]1)CC2.CS(=O)(=O)c1ccc2c(c1)N(Cc1cnc[nH]1)CC2.CS(=O)c1ccc2c(c1)N(Cc1cnc[nH]1)CC2.CSc1ccc2c(c1)N(Cc1cnc[nH]1)CC2.NC(=O)c1ccc2c(c1)N(Cc1cnc[nH]1)CC2. The molecule has 0 saturated heterocycles. The summed E-state index contributed by atoms with van der Waals surface area (Å²) in [5.41, 5.74) is 28.8. The third-order valence-corrected chi connectivity index (χ3v) is 23.2. The number of anilines is 8. The summed E-state index contributed by atoms with van der Waals surface area (Å²) in [7, 11) is 0.372. The number of aromatic amines is 6. The van der Waals surface area contributed by atoms with Crippen molar-refractivity contribution in [1.82, 2.24) is 59.8 Å². The second kappa shape index (κ2) is 36.8. The summed E-state index contributed by atoms with van der Waals surface area (Å²) >= 11 is 1.80. The number of nitrogens with one attached hydrogen (secondary N) is 7. The van der Waals surface area contributed by atoms with Gasteiger partial charge in [0.05, 0.1) is 131 Å². The molecular formula is C81H93N21O8S3. The number of primary amides is 1. The molecule has 9 N–H and O–H groups in total. The first-order chi connectivity index (χ1) is 54.8. The Balaban J connectivity index is 0.000000119. The Labute approximate surface area is 663 Å². The van der Waals surface area contributed by atoms with Crippen LogP contribution in [0.2, 0.25) is 0 Å². The highest BCUT2D eigenvalue weighted by molar-refractivity contribution is 7.98. The molecule has 0 spiro atoms. The van der Waals surface area contributed by atoms with E-state index in [1.807, 2.05) is 85.6 Å². The molecule has 113 heavy (non-hydrogen) atoms. The predicted molar refractivity (Wildman–Crippen MR) is 441 cm³/mol. The van der Waals surface area contributed by atoms with Crippen LogP contribution in [0, 0.1) is 0 Å². The van der Waals surface area contributed by atoms with Crippen LogP contribution in [0.15, 0.2) is 199 Å². The van der Waals surface area contributed by atoms with Crippen molar-refractivity contribution in [3.05, 3.63) is 257 Å². The molecule has 0 saturated carbocycles. The maximum absolute atomic E-state index is 11.6. The Morgan fingerprint density at radius 2 is 0.832 bits per heavy atom. The summed E-state index contributed by atoms with van der Waals surface area (Å²) in [6, 6.07) is 35.9. The number of fused-ring (bicyclic) bond motifs is 6. The van der Waals surface area contributed by atoms with Gasteiger partial charge in [0, 0.05) is 168 Å². The van der Waals surface area contributed by atoms with Crippen LogP contribution >= 0.6 is 11.8 Å². The molecule has 0 radical (unpaired) electrons. The fraction of sp³-hybridized carbons (Fsp3) is 0.296. The van der Waals surface area contributed by atoms with Gasteiger partial charge in [-0.2, -0.15) is 0 Å². The van der Waals surface area contributed by atoms with Gasteiger partial charge < -0.3 is 74.5 Å². The Kier molecular flexibility index (Phi) is 25.7. The summed E-state index contributed by atoms with van der Waals surface area (Å²) in [6.07, 6.45) is 31.6. The Morgan fingerprint density at radius 1 is 0.478 bits per heavy atom. The number of methoxy groups -OCH3 is 2. The van der Waals surface area contributed by atoms with Crippen LogP contribution < -0.4 is 45.3 Å². The molecule has 1 unspecified atom stereocenters. The molecule has 29 nitrogen and oxygen atoms in total.